The predicted octanol–water partition coefficient (Wildman–Crippen LogP) is 4.35. The van der Waals surface area contributed by atoms with Gasteiger partial charge in [-0.25, -0.2) is 0 Å². The second-order valence-electron chi connectivity index (χ2n) is 9.72. The van der Waals surface area contributed by atoms with Crippen LogP contribution in [-0.4, -0.2) is 41.4 Å². The number of hydrogen-bond donors (Lipinski definition) is 0. The third-order valence-electron chi connectivity index (χ3n) is 8.33. The van der Waals surface area contributed by atoms with Crippen LogP contribution in [0.5, 0.6) is 0 Å². The molecule has 3 nitrogen and oxygen atoms in total. The lowest BCUT2D eigenvalue weighted by Crippen LogP contribution is -2.57. The Kier molecular flexibility index (Phi) is 4.54. The molecule has 146 valence electrons. The van der Waals surface area contributed by atoms with Crippen LogP contribution in [0.25, 0.3) is 0 Å². The number of piperidine rings is 1. The number of carbonyl (C=O) groups excluding carboxylic acids is 1. The van der Waals surface area contributed by atoms with Crippen LogP contribution in [0, 0.1) is 11.8 Å². The van der Waals surface area contributed by atoms with Crippen LogP contribution < -0.4 is 0 Å². The summed E-state index contributed by atoms with van der Waals surface area (Å²) < 4.78 is 0. The van der Waals surface area contributed by atoms with Crippen molar-refractivity contribution in [3.8, 4) is 0 Å². The van der Waals surface area contributed by atoms with Crippen molar-refractivity contribution in [1.82, 2.24) is 9.80 Å². The van der Waals surface area contributed by atoms with Gasteiger partial charge in [-0.3, -0.25) is 9.69 Å². The SMILES string of the molecule is CC(=O)N1Cc2ccccc2C2(CCN(C3C4CCCC3CCC4)CC2)C1. The Hall–Kier alpha value is -1.35. The van der Waals surface area contributed by atoms with Crippen LogP contribution in [0.3, 0.4) is 0 Å². The molecule has 2 saturated carbocycles. The Bertz CT molecular complexity index is 684. The van der Waals surface area contributed by atoms with Gasteiger partial charge < -0.3 is 4.90 Å². The molecular weight excluding hydrogens is 332 g/mol. The first kappa shape index (κ1) is 17.7. The second kappa shape index (κ2) is 6.92. The smallest absolute Gasteiger partial charge is 0.219 e. The van der Waals surface area contributed by atoms with Gasteiger partial charge in [0.2, 0.25) is 5.91 Å². The maximum atomic E-state index is 12.2. The summed E-state index contributed by atoms with van der Waals surface area (Å²) in [5, 5.41) is 0. The largest absolute Gasteiger partial charge is 0.338 e. The summed E-state index contributed by atoms with van der Waals surface area (Å²) in [5.41, 5.74) is 3.09. The van der Waals surface area contributed by atoms with E-state index in [1.54, 1.807) is 6.92 Å². The molecule has 3 heteroatoms. The molecule has 27 heavy (non-hydrogen) atoms. The number of hydrogen-bond acceptors (Lipinski definition) is 2. The number of fused-ring (bicyclic) bond motifs is 4. The third kappa shape index (κ3) is 3.03. The van der Waals surface area contributed by atoms with Crippen molar-refractivity contribution in [2.45, 2.75) is 76.3 Å². The molecule has 1 aromatic carbocycles. The molecule has 0 aromatic heterocycles. The lowest BCUT2D eigenvalue weighted by molar-refractivity contribution is -0.131. The topological polar surface area (TPSA) is 23.6 Å². The summed E-state index contributed by atoms with van der Waals surface area (Å²) in [7, 11) is 0. The summed E-state index contributed by atoms with van der Waals surface area (Å²) in [5.74, 6) is 2.14. The lowest BCUT2D eigenvalue weighted by atomic mass is 9.65. The Morgan fingerprint density at radius 3 is 2.26 bits per heavy atom. The zero-order valence-corrected chi connectivity index (χ0v) is 16.8. The van der Waals surface area contributed by atoms with Gasteiger partial charge in [-0.05, 0) is 74.6 Å². The molecule has 2 aliphatic carbocycles. The fourth-order valence-corrected chi connectivity index (χ4v) is 7.03. The first-order valence-electron chi connectivity index (χ1n) is 11.2. The predicted molar refractivity (Wildman–Crippen MR) is 108 cm³/mol. The maximum absolute atomic E-state index is 12.2. The summed E-state index contributed by atoms with van der Waals surface area (Å²) in [6.07, 6.45) is 11.2. The zero-order chi connectivity index (χ0) is 18.4. The van der Waals surface area contributed by atoms with Crippen molar-refractivity contribution < 1.29 is 4.79 Å². The van der Waals surface area contributed by atoms with Crippen LogP contribution in [0.4, 0.5) is 0 Å². The van der Waals surface area contributed by atoms with E-state index in [4.69, 9.17) is 0 Å². The average molecular weight is 367 g/mol. The summed E-state index contributed by atoms with van der Waals surface area (Å²) in [4.78, 5) is 17.2. The number of amides is 1. The van der Waals surface area contributed by atoms with Crippen molar-refractivity contribution in [1.29, 1.82) is 0 Å². The number of benzene rings is 1. The number of nitrogens with zero attached hydrogens (tertiary/aromatic N) is 2. The molecule has 0 unspecified atom stereocenters. The van der Waals surface area contributed by atoms with Crippen molar-refractivity contribution >= 4 is 5.91 Å². The summed E-state index contributed by atoms with van der Waals surface area (Å²) in [6, 6.07) is 9.77. The Morgan fingerprint density at radius 1 is 1.00 bits per heavy atom. The van der Waals surface area contributed by atoms with E-state index in [-0.39, 0.29) is 11.3 Å². The van der Waals surface area contributed by atoms with Crippen LogP contribution in [-0.2, 0) is 16.8 Å². The van der Waals surface area contributed by atoms with E-state index in [1.807, 2.05) is 0 Å². The third-order valence-corrected chi connectivity index (χ3v) is 8.33. The standard InChI is InChI=1S/C24H34N2O/c1-18(27)26-16-21-6-2-3-11-22(21)24(17-26)12-14-25(15-13-24)23-19-7-4-8-20(23)10-5-9-19/h2-3,6,11,19-20,23H,4-5,7-10,12-17H2,1H3. The van der Waals surface area contributed by atoms with Crippen LogP contribution >= 0.6 is 0 Å². The molecule has 2 aliphatic heterocycles. The van der Waals surface area contributed by atoms with Crippen LogP contribution in [0.1, 0.15) is 69.4 Å². The fraction of sp³-hybridized carbons (Fsp3) is 0.708. The van der Waals surface area contributed by atoms with Gasteiger partial charge in [0.15, 0.2) is 0 Å². The average Bonchev–Trinajstić information content (AvgIpc) is 2.68. The molecule has 0 N–H and O–H groups in total. The molecule has 0 atom stereocenters. The first-order valence-corrected chi connectivity index (χ1v) is 11.2. The van der Waals surface area contributed by atoms with Crippen LogP contribution in [0.15, 0.2) is 24.3 Å². The minimum atomic E-state index is 0.181. The highest BCUT2D eigenvalue weighted by Crippen LogP contribution is 2.47. The monoisotopic (exact) mass is 366 g/mol. The minimum Gasteiger partial charge on any atom is -0.338 e. The molecule has 0 radical (unpaired) electrons. The van der Waals surface area contributed by atoms with Gasteiger partial charge >= 0.3 is 0 Å². The van der Waals surface area contributed by atoms with Crippen molar-refractivity contribution in [2.24, 2.45) is 11.8 Å². The molecule has 5 rings (SSSR count). The molecule has 1 spiro atoms. The van der Waals surface area contributed by atoms with Crippen molar-refractivity contribution in [3.63, 3.8) is 0 Å². The number of carbonyl (C=O) groups is 1. The molecule has 1 aromatic rings. The highest BCUT2D eigenvalue weighted by molar-refractivity contribution is 5.74. The van der Waals surface area contributed by atoms with Gasteiger partial charge in [0, 0.05) is 31.5 Å². The quantitative estimate of drug-likeness (QED) is 0.738. The first-order chi connectivity index (χ1) is 13.2. The van der Waals surface area contributed by atoms with E-state index >= 15 is 0 Å². The minimum absolute atomic E-state index is 0.181. The summed E-state index contributed by atoms with van der Waals surface area (Å²) in [6.45, 7) is 5.89. The van der Waals surface area contributed by atoms with E-state index < -0.39 is 0 Å². The van der Waals surface area contributed by atoms with Gasteiger partial charge in [-0.1, -0.05) is 37.1 Å². The van der Waals surface area contributed by atoms with Gasteiger partial charge in [0.05, 0.1) is 0 Å². The molecule has 3 fully saturated rings. The van der Waals surface area contributed by atoms with Gasteiger partial charge in [-0.2, -0.15) is 0 Å². The van der Waals surface area contributed by atoms with E-state index in [0.717, 1.165) is 31.0 Å². The van der Waals surface area contributed by atoms with Gasteiger partial charge in [-0.15, -0.1) is 0 Å². The number of rotatable bonds is 1. The van der Waals surface area contributed by atoms with E-state index in [9.17, 15) is 4.79 Å². The Labute approximate surface area is 164 Å². The summed E-state index contributed by atoms with van der Waals surface area (Å²) >= 11 is 0. The molecule has 4 aliphatic rings. The number of likely N-dealkylation sites (tertiary alicyclic amines) is 1. The molecular formula is C24H34N2O. The van der Waals surface area contributed by atoms with E-state index in [0.29, 0.717) is 0 Å². The molecule has 2 bridgehead atoms. The van der Waals surface area contributed by atoms with Crippen LogP contribution in [0.2, 0.25) is 0 Å². The second-order valence-corrected chi connectivity index (χ2v) is 9.72. The fourth-order valence-electron chi connectivity index (χ4n) is 7.03. The Balaban J connectivity index is 1.38. The molecule has 1 amide bonds. The molecule has 2 heterocycles. The normalized spacial score (nSPS) is 32.9. The highest BCUT2D eigenvalue weighted by atomic mass is 16.2. The molecule has 1 saturated heterocycles. The van der Waals surface area contributed by atoms with Gasteiger partial charge in [0.25, 0.3) is 0 Å². The van der Waals surface area contributed by atoms with E-state index in [1.165, 1.54) is 75.6 Å². The van der Waals surface area contributed by atoms with Crippen molar-refractivity contribution in [2.75, 3.05) is 19.6 Å². The Morgan fingerprint density at radius 2 is 1.63 bits per heavy atom. The zero-order valence-electron chi connectivity index (χ0n) is 16.8. The van der Waals surface area contributed by atoms with Gasteiger partial charge in [0.1, 0.15) is 0 Å². The van der Waals surface area contributed by atoms with E-state index in [2.05, 4.69) is 34.1 Å². The van der Waals surface area contributed by atoms with Crippen molar-refractivity contribution in [3.05, 3.63) is 35.4 Å². The maximum Gasteiger partial charge on any atom is 0.219 e. The lowest BCUT2D eigenvalue weighted by Gasteiger charge is -2.54. The highest BCUT2D eigenvalue weighted by Gasteiger charge is 2.46.